The predicted molar refractivity (Wildman–Crippen MR) is 99.3 cm³/mol. The molecule has 1 fully saturated rings. The number of hydrogen-bond donors (Lipinski definition) is 1. The first kappa shape index (κ1) is 16.3. The fourth-order valence-electron chi connectivity index (χ4n) is 3.40. The SMILES string of the molecule is CC1CN(c2ccncc2)CCN1C(=O)c1n[nH]c2ccccc2c1=O. The van der Waals surface area contributed by atoms with Crippen molar-refractivity contribution in [3.63, 3.8) is 0 Å². The van der Waals surface area contributed by atoms with E-state index in [9.17, 15) is 9.59 Å². The van der Waals surface area contributed by atoms with Crippen LogP contribution in [0.4, 0.5) is 5.69 Å². The van der Waals surface area contributed by atoms with Gasteiger partial charge in [-0.15, -0.1) is 0 Å². The summed E-state index contributed by atoms with van der Waals surface area (Å²) in [6, 6.07) is 11.0. The second kappa shape index (κ2) is 6.59. The van der Waals surface area contributed by atoms with Gasteiger partial charge in [-0.25, -0.2) is 0 Å². The molecule has 1 saturated heterocycles. The van der Waals surface area contributed by atoms with E-state index in [-0.39, 0.29) is 23.1 Å². The number of anilines is 1. The highest BCUT2D eigenvalue weighted by Crippen LogP contribution is 2.19. The number of piperazine rings is 1. The Morgan fingerprint density at radius 3 is 2.69 bits per heavy atom. The third-order valence-electron chi connectivity index (χ3n) is 4.79. The lowest BCUT2D eigenvalue weighted by molar-refractivity contribution is 0.0665. The van der Waals surface area contributed by atoms with Crippen LogP contribution >= 0.6 is 0 Å². The topological polar surface area (TPSA) is 82.2 Å². The Hall–Kier alpha value is -3.22. The van der Waals surface area contributed by atoms with Crippen LogP contribution in [0, 0.1) is 0 Å². The summed E-state index contributed by atoms with van der Waals surface area (Å²) in [7, 11) is 0. The largest absolute Gasteiger partial charge is 0.368 e. The average molecular weight is 349 g/mol. The first-order valence-electron chi connectivity index (χ1n) is 8.58. The molecule has 0 radical (unpaired) electrons. The van der Waals surface area contributed by atoms with Gasteiger partial charge in [0.2, 0.25) is 5.43 Å². The van der Waals surface area contributed by atoms with Gasteiger partial charge >= 0.3 is 0 Å². The highest BCUT2D eigenvalue weighted by Gasteiger charge is 2.30. The van der Waals surface area contributed by atoms with Gasteiger partial charge in [-0.1, -0.05) is 12.1 Å². The molecular weight excluding hydrogens is 330 g/mol. The Balaban J connectivity index is 1.58. The number of hydrogen-bond acceptors (Lipinski definition) is 5. The van der Waals surface area contributed by atoms with Crippen LogP contribution in [0.15, 0.2) is 53.6 Å². The number of carbonyl (C=O) groups excluding carboxylic acids is 1. The van der Waals surface area contributed by atoms with Gasteiger partial charge in [-0.05, 0) is 31.2 Å². The Labute approximate surface area is 150 Å². The number of para-hydroxylation sites is 1. The van der Waals surface area contributed by atoms with E-state index in [1.807, 2.05) is 25.1 Å². The number of nitrogens with one attached hydrogen (secondary N) is 1. The van der Waals surface area contributed by atoms with Crippen molar-refractivity contribution >= 4 is 22.5 Å². The zero-order valence-electron chi connectivity index (χ0n) is 14.4. The maximum absolute atomic E-state index is 12.9. The number of H-pyrrole nitrogens is 1. The van der Waals surface area contributed by atoms with Gasteiger partial charge in [0.15, 0.2) is 5.69 Å². The van der Waals surface area contributed by atoms with Crippen LogP contribution in [0.5, 0.6) is 0 Å². The molecule has 1 aromatic carbocycles. The molecule has 1 aliphatic heterocycles. The van der Waals surface area contributed by atoms with E-state index in [2.05, 4.69) is 20.1 Å². The van der Waals surface area contributed by atoms with Crippen LogP contribution in [-0.2, 0) is 0 Å². The summed E-state index contributed by atoms with van der Waals surface area (Å²) in [5.74, 6) is -0.320. The number of carbonyl (C=O) groups is 1. The summed E-state index contributed by atoms with van der Waals surface area (Å²) in [6.07, 6.45) is 3.52. The van der Waals surface area contributed by atoms with Crippen LogP contribution in [0.3, 0.4) is 0 Å². The molecular formula is C19H19N5O2. The maximum Gasteiger partial charge on any atom is 0.278 e. The molecule has 1 unspecified atom stereocenters. The number of aromatic amines is 1. The van der Waals surface area contributed by atoms with Gasteiger partial charge in [0.25, 0.3) is 5.91 Å². The van der Waals surface area contributed by atoms with Crippen LogP contribution in [0.2, 0.25) is 0 Å². The second-order valence-electron chi connectivity index (χ2n) is 6.45. The molecule has 1 amide bonds. The molecule has 4 rings (SSSR count). The van der Waals surface area contributed by atoms with Gasteiger partial charge in [-0.3, -0.25) is 19.7 Å². The highest BCUT2D eigenvalue weighted by atomic mass is 16.2. The standard InChI is InChI=1S/C19H19N5O2/c1-13-12-23(14-6-8-20-9-7-14)10-11-24(13)19(26)17-18(25)15-4-2-3-5-16(15)21-22-17/h2-9,13H,10-12H2,1H3,(H,21,25). The van der Waals surface area contributed by atoms with E-state index >= 15 is 0 Å². The van der Waals surface area contributed by atoms with Crippen molar-refractivity contribution in [2.24, 2.45) is 0 Å². The maximum atomic E-state index is 12.9. The van der Waals surface area contributed by atoms with Gasteiger partial charge in [0.1, 0.15) is 0 Å². The lowest BCUT2D eigenvalue weighted by Gasteiger charge is -2.40. The van der Waals surface area contributed by atoms with E-state index in [0.717, 1.165) is 5.69 Å². The van der Waals surface area contributed by atoms with Crippen LogP contribution in [0.25, 0.3) is 10.9 Å². The van der Waals surface area contributed by atoms with Gasteiger partial charge in [0.05, 0.1) is 5.52 Å². The molecule has 1 aliphatic rings. The lowest BCUT2D eigenvalue weighted by atomic mass is 10.1. The van der Waals surface area contributed by atoms with Crippen molar-refractivity contribution in [1.82, 2.24) is 20.1 Å². The van der Waals surface area contributed by atoms with Crippen LogP contribution in [-0.4, -0.2) is 51.7 Å². The Kier molecular flexibility index (Phi) is 4.12. The smallest absolute Gasteiger partial charge is 0.278 e. The first-order chi connectivity index (χ1) is 12.6. The number of aromatic nitrogens is 3. The number of fused-ring (bicyclic) bond motifs is 1. The third-order valence-corrected chi connectivity index (χ3v) is 4.79. The Morgan fingerprint density at radius 2 is 1.92 bits per heavy atom. The Morgan fingerprint density at radius 1 is 1.15 bits per heavy atom. The fraction of sp³-hybridized carbons (Fsp3) is 0.263. The predicted octanol–water partition coefficient (Wildman–Crippen LogP) is 1.67. The molecule has 7 heteroatoms. The third kappa shape index (κ3) is 2.81. The van der Waals surface area contributed by atoms with Crippen molar-refractivity contribution in [3.8, 4) is 0 Å². The normalized spacial score (nSPS) is 17.5. The number of nitrogens with zero attached hydrogens (tertiary/aromatic N) is 4. The first-order valence-corrected chi connectivity index (χ1v) is 8.58. The van der Waals surface area contributed by atoms with Gasteiger partial charge in [0, 0.05) is 49.1 Å². The minimum absolute atomic E-state index is 0.0305. The Bertz CT molecular complexity index is 1000. The van der Waals surface area contributed by atoms with Gasteiger partial charge < -0.3 is 9.80 Å². The zero-order chi connectivity index (χ0) is 18.1. The van der Waals surface area contributed by atoms with Crippen molar-refractivity contribution in [2.45, 2.75) is 13.0 Å². The molecule has 0 saturated carbocycles. The molecule has 132 valence electrons. The highest BCUT2D eigenvalue weighted by molar-refractivity contribution is 5.95. The lowest BCUT2D eigenvalue weighted by Crippen LogP contribution is -2.55. The minimum Gasteiger partial charge on any atom is -0.368 e. The summed E-state index contributed by atoms with van der Waals surface area (Å²) >= 11 is 0. The van der Waals surface area contributed by atoms with Crippen molar-refractivity contribution < 1.29 is 4.79 Å². The van der Waals surface area contributed by atoms with E-state index in [1.54, 1.807) is 35.5 Å². The zero-order valence-corrected chi connectivity index (χ0v) is 14.4. The molecule has 7 nitrogen and oxygen atoms in total. The molecule has 1 atom stereocenters. The molecule has 3 aromatic rings. The summed E-state index contributed by atoms with van der Waals surface area (Å²) in [4.78, 5) is 33.6. The second-order valence-corrected chi connectivity index (χ2v) is 6.45. The molecule has 3 heterocycles. The van der Waals surface area contributed by atoms with Crippen molar-refractivity contribution in [3.05, 3.63) is 64.7 Å². The molecule has 1 N–H and O–H groups in total. The summed E-state index contributed by atoms with van der Waals surface area (Å²) < 4.78 is 0. The van der Waals surface area contributed by atoms with E-state index in [0.29, 0.717) is 30.5 Å². The monoisotopic (exact) mass is 349 g/mol. The molecule has 26 heavy (non-hydrogen) atoms. The summed E-state index contributed by atoms with van der Waals surface area (Å²) in [5, 5.41) is 7.34. The fourth-order valence-corrected chi connectivity index (χ4v) is 3.40. The molecule has 0 spiro atoms. The number of pyridine rings is 1. The average Bonchev–Trinajstić information content (AvgIpc) is 2.68. The van der Waals surface area contributed by atoms with Crippen molar-refractivity contribution in [2.75, 3.05) is 24.5 Å². The van der Waals surface area contributed by atoms with E-state index in [4.69, 9.17) is 0 Å². The van der Waals surface area contributed by atoms with E-state index < -0.39 is 0 Å². The number of benzene rings is 1. The molecule has 0 bridgehead atoms. The van der Waals surface area contributed by atoms with Crippen LogP contribution in [0.1, 0.15) is 17.4 Å². The summed E-state index contributed by atoms with van der Waals surface area (Å²) in [5.41, 5.74) is 1.34. The van der Waals surface area contributed by atoms with E-state index in [1.165, 1.54) is 0 Å². The molecule has 2 aromatic heterocycles. The summed E-state index contributed by atoms with van der Waals surface area (Å²) in [6.45, 7) is 3.92. The quantitative estimate of drug-likeness (QED) is 0.761. The number of rotatable bonds is 2. The molecule has 0 aliphatic carbocycles. The minimum atomic E-state index is -0.326. The van der Waals surface area contributed by atoms with Gasteiger partial charge in [-0.2, -0.15) is 5.10 Å². The number of amides is 1. The van der Waals surface area contributed by atoms with Crippen LogP contribution < -0.4 is 10.3 Å². The van der Waals surface area contributed by atoms with Crippen molar-refractivity contribution in [1.29, 1.82) is 0 Å².